The van der Waals surface area contributed by atoms with Crippen LogP contribution in [0.25, 0.3) is 0 Å². The lowest BCUT2D eigenvalue weighted by Gasteiger charge is -2.13. The van der Waals surface area contributed by atoms with Crippen molar-refractivity contribution in [2.24, 2.45) is 0 Å². The number of hydrogen-bond acceptors (Lipinski definition) is 4. The Balaban J connectivity index is 2.65. The van der Waals surface area contributed by atoms with Crippen molar-refractivity contribution in [1.82, 2.24) is 5.32 Å². The number of amides is 2. The topological polar surface area (TPSA) is 133 Å². The number of anilines is 1. The van der Waals surface area contributed by atoms with Crippen LogP contribution in [0.15, 0.2) is 24.3 Å². The molecule has 1 aromatic rings. The van der Waals surface area contributed by atoms with Crippen LogP contribution in [0.3, 0.4) is 0 Å². The van der Waals surface area contributed by atoms with Crippen molar-refractivity contribution in [1.29, 1.82) is 0 Å². The Bertz CT molecular complexity index is 567. The number of carbonyl (C=O) groups excluding carboxylic acids is 2. The zero-order chi connectivity index (χ0) is 16.0. The van der Waals surface area contributed by atoms with Crippen LogP contribution in [0.5, 0.6) is 0 Å². The number of carbonyl (C=O) groups is 4. The van der Waals surface area contributed by atoms with Gasteiger partial charge in [0.1, 0.15) is 6.04 Å². The number of Topliss-reactive ketones (excluding diaryl/α,β-unsaturated/α-hetero) is 1. The number of rotatable bonds is 6. The Morgan fingerprint density at radius 1 is 1.10 bits per heavy atom. The molecule has 8 nitrogen and oxygen atoms in total. The van der Waals surface area contributed by atoms with Gasteiger partial charge in [0.2, 0.25) is 0 Å². The molecule has 0 bridgehead atoms. The summed E-state index contributed by atoms with van der Waals surface area (Å²) in [6.07, 6.45) is -0.730. The van der Waals surface area contributed by atoms with E-state index in [2.05, 4.69) is 5.32 Å². The van der Waals surface area contributed by atoms with Gasteiger partial charge in [0.25, 0.3) is 0 Å². The molecule has 112 valence electrons. The molecule has 4 N–H and O–H groups in total. The minimum absolute atomic E-state index is 0.126. The molecule has 0 aliphatic carbocycles. The third kappa shape index (κ3) is 5.31. The predicted molar refractivity (Wildman–Crippen MR) is 72.3 cm³/mol. The van der Waals surface area contributed by atoms with Gasteiger partial charge >= 0.3 is 18.0 Å². The lowest BCUT2D eigenvalue weighted by atomic mass is 10.1. The summed E-state index contributed by atoms with van der Waals surface area (Å²) >= 11 is 0. The van der Waals surface area contributed by atoms with Gasteiger partial charge in [0.05, 0.1) is 6.42 Å². The lowest BCUT2D eigenvalue weighted by molar-refractivity contribution is -0.145. The SMILES string of the molecule is CC(=O)c1ccc(NC(=O)N[C@H](CC(=O)O)C(=O)O)cc1. The fourth-order valence-electron chi connectivity index (χ4n) is 1.49. The molecule has 0 radical (unpaired) electrons. The summed E-state index contributed by atoms with van der Waals surface area (Å²) in [5.41, 5.74) is 0.812. The van der Waals surface area contributed by atoms with Gasteiger partial charge in [-0.15, -0.1) is 0 Å². The Morgan fingerprint density at radius 2 is 1.67 bits per heavy atom. The summed E-state index contributed by atoms with van der Waals surface area (Å²) in [6, 6.07) is 3.58. The molecule has 0 aromatic heterocycles. The minimum Gasteiger partial charge on any atom is -0.481 e. The largest absolute Gasteiger partial charge is 0.481 e. The number of ketones is 1. The van der Waals surface area contributed by atoms with Gasteiger partial charge in [-0.2, -0.15) is 0 Å². The van der Waals surface area contributed by atoms with Gasteiger partial charge in [0.15, 0.2) is 5.78 Å². The molecule has 1 rings (SSSR count). The second kappa shape index (κ2) is 7.04. The summed E-state index contributed by atoms with van der Waals surface area (Å²) in [5, 5.41) is 21.7. The first-order chi connectivity index (χ1) is 9.79. The standard InChI is InChI=1S/C13H14N2O6/c1-7(16)8-2-4-9(5-3-8)14-13(21)15-10(12(19)20)6-11(17)18/h2-5,10H,6H2,1H3,(H,17,18)(H,19,20)(H2,14,15,21)/t10-/m1/s1. The van der Waals surface area contributed by atoms with Crippen LogP contribution < -0.4 is 10.6 Å². The summed E-state index contributed by atoms with van der Waals surface area (Å²) in [4.78, 5) is 44.0. The monoisotopic (exact) mass is 294 g/mol. The van der Waals surface area contributed by atoms with Gasteiger partial charge in [-0.3, -0.25) is 9.59 Å². The maximum absolute atomic E-state index is 11.6. The first-order valence-electron chi connectivity index (χ1n) is 5.92. The number of nitrogens with one attached hydrogen (secondary N) is 2. The Kier molecular flexibility index (Phi) is 5.41. The molecule has 2 amide bonds. The van der Waals surface area contributed by atoms with E-state index in [1.807, 2.05) is 5.32 Å². The van der Waals surface area contributed by atoms with Crippen LogP contribution in [0.2, 0.25) is 0 Å². The number of urea groups is 1. The van der Waals surface area contributed by atoms with Crippen molar-refractivity contribution >= 4 is 29.4 Å². The highest BCUT2D eigenvalue weighted by atomic mass is 16.4. The van der Waals surface area contributed by atoms with Crippen molar-refractivity contribution in [3.05, 3.63) is 29.8 Å². The van der Waals surface area contributed by atoms with E-state index >= 15 is 0 Å². The van der Waals surface area contributed by atoms with Crippen LogP contribution in [0, 0.1) is 0 Å². The molecule has 0 aliphatic rings. The maximum Gasteiger partial charge on any atom is 0.326 e. The normalized spacial score (nSPS) is 11.3. The highest BCUT2D eigenvalue weighted by Crippen LogP contribution is 2.10. The van der Waals surface area contributed by atoms with Crippen molar-refractivity contribution in [3.63, 3.8) is 0 Å². The molecule has 1 atom stereocenters. The van der Waals surface area contributed by atoms with E-state index < -0.39 is 30.4 Å². The van der Waals surface area contributed by atoms with Gasteiger partial charge in [-0.1, -0.05) is 0 Å². The number of hydrogen-bond donors (Lipinski definition) is 4. The molecule has 1 aromatic carbocycles. The molecular formula is C13H14N2O6. The van der Waals surface area contributed by atoms with Crippen molar-refractivity contribution < 1.29 is 29.4 Å². The van der Waals surface area contributed by atoms with E-state index in [0.29, 0.717) is 11.3 Å². The molecule has 0 saturated carbocycles. The molecular weight excluding hydrogens is 280 g/mol. The van der Waals surface area contributed by atoms with Gasteiger partial charge < -0.3 is 20.8 Å². The average molecular weight is 294 g/mol. The van der Waals surface area contributed by atoms with Gasteiger partial charge in [-0.05, 0) is 31.2 Å². The van der Waals surface area contributed by atoms with Crippen LogP contribution in [0.4, 0.5) is 10.5 Å². The van der Waals surface area contributed by atoms with Crippen molar-refractivity contribution in [3.8, 4) is 0 Å². The molecule has 0 fully saturated rings. The van der Waals surface area contributed by atoms with E-state index in [1.165, 1.54) is 31.2 Å². The first-order valence-corrected chi connectivity index (χ1v) is 5.92. The van der Waals surface area contributed by atoms with E-state index in [-0.39, 0.29) is 5.78 Å². The van der Waals surface area contributed by atoms with Crippen LogP contribution in [-0.2, 0) is 9.59 Å². The summed E-state index contributed by atoms with van der Waals surface area (Å²) < 4.78 is 0. The zero-order valence-electron chi connectivity index (χ0n) is 11.1. The Hall–Kier alpha value is -2.90. The Labute approximate surface area is 119 Å². The fourth-order valence-corrected chi connectivity index (χ4v) is 1.49. The van der Waals surface area contributed by atoms with E-state index in [0.717, 1.165) is 0 Å². The van der Waals surface area contributed by atoms with E-state index in [9.17, 15) is 19.2 Å². The fraction of sp³-hybridized carbons (Fsp3) is 0.231. The third-order valence-corrected chi connectivity index (χ3v) is 2.53. The highest BCUT2D eigenvalue weighted by molar-refractivity contribution is 5.96. The van der Waals surface area contributed by atoms with E-state index in [1.54, 1.807) is 0 Å². The third-order valence-electron chi connectivity index (χ3n) is 2.53. The lowest BCUT2D eigenvalue weighted by Crippen LogP contribution is -2.44. The number of benzene rings is 1. The molecule has 0 saturated heterocycles. The second-order valence-corrected chi connectivity index (χ2v) is 4.22. The van der Waals surface area contributed by atoms with Crippen molar-refractivity contribution in [2.75, 3.05) is 5.32 Å². The molecule has 0 aliphatic heterocycles. The number of carboxylic acids is 2. The maximum atomic E-state index is 11.6. The van der Waals surface area contributed by atoms with Crippen LogP contribution >= 0.6 is 0 Å². The zero-order valence-corrected chi connectivity index (χ0v) is 11.1. The highest BCUT2D eigenvalue weighted by Gasteiger charge is 2.22. The second-order valence-electron chi connectivity index (χ2n) is 4.22. The smallest absolute Gasteiger partial charge is 0.326 e. The molecule has 0 unspecified atom stereocenters. The Morgan fingerprint density at radius 3 is 2.10 bits per heavy atom. The van der Waals surface area contributed by atoms with E-state index in [4.69, 9.17) is 10.2 Å². The first kappa shape index (κ1) is 16.2. The number of carboxylic acid groups (broad SMARTS) is 2. The summed E-state index contributed by atoms with van der Waals surface area (Å²) in [6.45, 7) is 1.40. The molecule has 0 heterocycles. The molecule has 0 spiro atoms. The average Bonchev–Trinajstić information content (AvgIpc) is 2.37. The summed E-state index contributed by atoms with van der Waals surface area (Å²) in [7, 11) is 0. The van der Waals surface area contributed by atoms with Crippen LogP contribution in [0.1, 0.15) is 23.7 Å². The molecule has 8 heteroatoms. The van der Waals surface area contributed by atoms with Gasteiger partial charge in [0, 0.05) is 11.3 Å². The van der Waals surface area contributed by atoms with Gasteiger partial charge in [-0.25, -0.2) is 9.59 Å². The predicted octanol–water partition coefficient (Wildman–Crippen LogP) is 0.939. The molecule has 21 heavy (non-hydrogen) atoms. The summed E-state index contributed by atoms with van der Waals surface area (Å²) in [5.74, 6) is -2.91. The number of aliphatic carboxylic acids is 2. The quantitative estimate of drug-likeness (QED) is 0.577. The van der Waals surface area contributed by atoms with Crippen molar-refractivity contribution in [2.45, 2.75) is 19.4 Å². The van der Waals surface area contributed by atoms with Crippen LogP contribution in [-0.4, -0.2) is 40.0 Å². The minimum atomic E-state index is -1.53.